The maximum absolute atomic E-state index is 5.80. The zero-order chi connectivity index (χ0) is 18.8. The lowest BCUT2D eigenvalue weighted by Gasteiger charge is -2.38. The molecule has 0 atom stereocenters. The molecular formula is C23H31NO2. The largest absolute Gasteiger partial charge is 0.491 e. The summed E-state index contributed by atoms with van der Waals surface area (Å²) in [5, 5.41) is 0. The van der Waals surface area contributed by atoms with E-state index < -0.39 is 0 Å². The van der Waals surface area contributed by atoms with Crippen molar-refractivity contribution in [2.45, 2.75) is 26.3 Å². The van der Waals surface area contributed by atoms with Crippen molar-refractivity contribution in [3.8, 4) is 5.75 Å². The van der Waals surface area contributed by atoms with Gasteiger partial charge in [0, 0.05) is 18.6 Å². The van der Waals surface area contributed by atoms with Crippen molar-refractivity contribution in [3.63, 3.8) is 0 Å². The van der Waals surface area contributed by atoms with Crippen LogP contribution < -0.4 is 4.74 Å². The van der Waals surface area contributed by atoms with Crippen molar-refractivity contribution < 1.29 is 9.47 Å². The fraction of sp³-hybridized carbons (Fsp3) is 0.391. The molecule has 0 amide bonds. The van der Waals surface area contributed by atoms with Crippen LogP contribution in [0.4, 0.5) is 0 Å². The first-order valence-corrected chi connectivity index (χ1v) is 9.23. The van der Waals surface area contributed by atoms with E-state index in [9.17, 15) is 0 Å². The number of nitrogens with zero attached hydrogens (tertiary/aromatic N) is 1. The van der Waals surface area contributed by atoms with Crippen LogP contribution in [-0.2, 0) is 10.3 Å². The number of ether oxygens (including phenoxy) is 2. The summed E-state index contributed by atoms with van der Waals surface area (Å²) in [6, 6.07) is 18.6. The van der Waals surface area contributed by atoms with Gasteiger partial charge in [-0.05, 0) is 38.0 Å². The second kappa shape index (κ2) is 10.1. The molecule has 26 heavy (non-hydrogen) atoms. The summed E-state index contributed by atoms with van der Waals surface area (Å²) < 4.78 is 11.6. The number of rotatable bonds is 11. The first-order chi connectivity index (χ1) is 12.6. The predicted molar refractivity (Wildman–Crippen MR) is 109 cm³/mol. The van der Waals surface area contributed by atoms with Crippen LogP contribution in [0.2, 0.25) is 0 Å². The van der Waals surface area contributed by atoms with E-state index in [1.165, 1.54) is 5.56 Å². The van der Waals surface area contributed by atoms with Gasteiger partial charge in [0.05, 0.1) is 13.2 Å². The quantitative estimate of drug-likeness (QED) is 0.427. The van der Waals surface area contributed by atoms with E-state index in [2.05, 4.69) is 68.6 Å². The lowest BCUT2D eigenvalue weighted by molar-refractivity contribution is 0.0512. The highest BCUT2D eigenvalue weighted by molar-refractivity contribution is 5.31. The maximum Gasteiger partial charge on any atom is 0.122 e. The molecule has 2 aromatic carbocycles. The van der Waals surface area contributed by atoms with E-state index >= 15 is 0 Å². The summed E-state index contributed by atoms with van der Waals surface area (Å²) in [5.41, 5.74) is 2.37. The van der Waals surface area contributed by atoms with Gasteiger partial charge in [-0.3, -0.25) is 4.90 Å². The molecule has 0 aliphatic carbocycles. The minimum absolute atomic E-state index is 0.0730. The normalized spacial score (nSPS) is 11.5. The van der Waals surface area contributed by atoms with E-state index in [1.54, 1.807) is 0 Å². The van der Waals surface area contributed by atoms with E-state index in [-0.39, 0.29) is 5.54 Å². The molecule has 0 radical (unpaired) electrons. The van der Waals surface area contributed by atoms with Crippen LogP contribution in [0.15, 0.2) is 67.3 Å². The van der Waals surface area contributed by atoms with Crippen LogP contribution in [0.1, 0.15) is 25.0 Å². The van der Waals surface area contributed by atoms with Gasteiger partial charge in [0.2, 0.25) is 0 Å². The summed E-state index contributed by atoms with van der Waals surface area (Å²) in [6.07, 6.45) is 1.95. The first kappa shape index (κ1) is 20.2. The van der Waals surface area contributed by atoms with Gasteiger partial charge in [-0.15, -0.1) is 6.58 Å². The Bertz CT molecular complexity index is 667. The van der Waals surface area contributed by atoms with Gasteiger partial charge in [-0.2, -0.15) is 0 Å². The standard InChI is InChI=1S/C23H31NO2/c1-5-15-24(23(3,4)21-12-7-6-8-13-21)16-17-25-18-19-26-22-14-10-9-11-20(22)2/h5-14H,1,15-19H2,2-4H3. The second-order valence-electron chi connectivity index (χ2n) is 6.89. The Balaban J connectivity index is 1.78. The van der Waals surface area contributed by atoms with Crippen LogP contribution in [-0.4, -0.2) is 37.8 Å². The number of hydrogen-bond acceptors (Lipinski definition) is 3. The molecule has 0 bridgehead atoms. The van der Waals surface area contributed by atoms with E-state index in [4.69, 9.17) is 9.47 Å². The van der Waals surface area contributed by atoms with Gasteiger partial charge in [0.15, 0.2) is 0 Å². The van der Waals surface area contributed by atoms with E-state index in [1.807, 2.05) is 24.3 Å². The SMILES string of the molecule is C=CCN(CCOCCOc1ccccc1C)C(C)(C)c1ccccc1. The predicted octanol–water partition coefficient (Wildman–Crippen LogP) is 4.81. The van der Waals surface area contributed by atoms with Gasteiger partial charge in [-0.1, -0.05) is 54.6 Å². The van der Waals surface area contributed by atoms with Crippen LogP contribution >= 0.6 is 0 Å². The fourth-order valence-electron chi connectivity index (χ4n) is 2.99. The summed E-state index contributed by atoms with van der Waals surface area (Å²) in [4.78, 5) is 2.39. The van der Waals surface area contributed by atoms with Crippen molar-refractivity contribution in [3.05, 3.63) is 78.4 Å². The van der Waals surface area contributed by atoms with Crippen LogP contribution in [0.3, 0.4) is 0 Å². The third-order valence-corrected chi connectivity index (χ3v) is 4.70. The van der Waals surface area contributed by atoms with Crippen molar-refractivity contribution in [2.75, 3.05) is 32.9 Å². The molecule has 0 fully saturated rings. The van der Waals surface area contributed by atoms with Crippen molar-refractivity contribution >= 4 is 0 Å². The smallest absolute Gasteiger partial charge is 0.122 e. The summed E-state index contributed by atoms with van der Waals surface area (Å²) in [6.45, 7) is 13.9. The molecule has 3 nitrogen and oxygen atoms in total. The molecule has 2 aromatic rings. The molecule has 0 aliphatic heterocycles. The summed E-state index contributed by atoms with van der Waals surface area (Å²) >= 11 is 0. The van der Waals surface area contributed by atoms with Crippen molar-refractivity contribution in [1.82, 2.24) is 4.90 Å². The zero-order valence-electron chi connectivity index (χ0n) is 16.3. The Morgan fingerprint density at radius 2 is 1.65 bits per heavy atom. The molecular weight excluding hydrogens is 322 g/mol. The molecule has 0 aliphatic rings. The van der Waals surface area contributed by atoms with Crippen LogP contribution in [0, 0.1) is 6.92 Å². The molecule has 0 unspecified atom stereocenters. The van der Waals surface area contributed by atoms with Crippen molar-refractivity contribution in [1.29, 1.82) is 0 Å². The Morgan fingerprint density at radius 3 is 2.35 bits per heavy atom. The lowest BCUT2D eigenvalue weighted by atomic mass is 9.92. The molecule has 3 heteroatoms. The topological polar surface area (TPSA) is 21.7 Å². The molecule has 2 rings (SSSR count). The first-order valence-electron chi connectivity index (χ1n) is 9.23. The lowest BCUT2D eigenvalue weighted by Crippen LogP contribution is -2.43. The summed E-state index contributed by atoms with van der Waals surface area (Å²) in [5.74, 6) is 0.926. The average Bonchev–Trinajstić information content (AvgIpc) is 2.65. The Morgan fingerprint density at radius 1 is 0.962 bits per heavy atom. The Labute approximate surface area is 158 Å². The molecule has 0 heterocycles. The van der Waals surface area contributed by atoms with Crippen LogP contribution in [0.5, 0.6) is 5.75 Å². The van der Waals surface area contributed by atoms with Crippen LogP contribution in [0.25, 0.3) is 0 Å². The van der Waals surface area contributed by atoms with Gasteiger partial charge >= 0.3 is 0 Å². The maximum atomic E-state index is 5.80. The number of aryl methyl sites for hydroxylation is 1. The van der Waals surface area contributed by atoms with E-state index in [0.717, 1.165) is 24.4 Å². The third kappa shape index (κ3) is 5.72. The van der Waals surface area contributed by atoms with Gasteiger partial charge < -0.3 is 9.47 Å². The molecule has 0 aromatic heterocycles. The molecule has 0 saturated heterocycles. The molecule has 0 spiro atoms. The Hall–Kier alpha value is -2.10. The van der Waals surface area contributed by atoms with Gasteiger partial charge in [0.1, 0.15) is 12.4 Å². The monoisotopic (exact) mass is 353 g/mol. The highest BCUT2D eigenvalue weighted by Gasteiger charge is 2.27. The second-order valence-corrected chi connectivity index (χ2v) is 6.89. The minimum atomic E-state index is -0.0730. The number of benzene rings is 2. The average molecular weight is 354 g/mol. The molecule has 0 saturated carbocycles. The minimum Gasteiger partial charge on any atom is -0.491 e. The molecule has 0 N–H and O–H groups in total. The fourth-order valence-corrected chi connectivity index (χ4v) is 2.99. The van der Waals surface area contributed by atoms with Gasteiger partial charge in [-0.25, -0.2) is 0 Å². The number of hydrogen-bond donors (Lipinski definition) is 0. The zero-order valence-corrected chi connectivity index (χ0v) is 16.3. The molecule has 140 valence electrons. The van der Waals surface area contributed by atoms with Gasteiger partial charge in [0.25, 0.3) is 0 Å². The Kier molecular flexibility index (Phi) is 7.89. The highest BCUT2D eigenvalue weighted by atomic mass is 16.5. The number of para-hydroxylation sites is 1. The van der Waals surface area contributed by atoms with E-state index in [0.29, 0.717) is 19.8 Å². The summed E-state index contributed by atoms with van der Waals surface area (Å²) in [7, 11) is 0. The van der Waals surface area contributed by atoms with Crippen molar-refractivity contribution in [2.24, 2.45) is 0 Å². The highest BCUT2D eigenvalue weighted by Crippen LogP contribution is 2.27. The third-order valence-electron chi connectivity index (χ3n) is 4.70.